The molecule has 0 spiro atoms. The van der Waals surface area contributed by atoms with Gasteiger partial charge in [-0.25, -0.2) is 0 Å². The van der Waals surface area contributed by atoms with E-state index in [2.05, 4.69) is 22.3 Å². The molecule has 1 aromatic carbocycles. The molecule has 4 nitrogen and oxygen atoms in total. The first-order chi connectivity index (χ1) is 10.3. The Kier molecular flexibility index (Phi) is 6.54. The van der Waals surface area contributed by atoms with Gasteiger partial charge in [0, 0.05) is 12.6 Å². The first kappa shape index (κ1) is 15.8. The van der Waals surface area contributed by atoms with Crippen LogP contribution in [-0.2, 0) is 11.2 Å². The molecule has 0 aromatic heterocycles. The molecule has 0 aliphatic carbocycles. The summed E-state index contributed by atoms with van der Waals surface area (Å²) in [6.45, 7) is 3.24. The molecule has 1 N–H and O–H groups in total. The molecule has 21 heavy (non-hydrogen) atoms. The number of nitrogens with zero attached hydrogens (tertiary/aromatic N) is 1. The third kappa shape index (κ3) is 5.38. The van der Waals surface area contributed by atoms with Crippen LogP contribution in [0.1, 0.15) is 31.2 Å². The molecular formula is C17H26N2O2. The van der Waals surface area contributed by atoms with E-state index in [1.807, 2.05) is 12.1 Å². The maximum Gasteiger partial charge on any atom is 0.207 e. The normalized spacial score (nSPS) is 17.8. The average molecular weight is 290 g/mol. The van der Waals surface area contributed by atoms with E-state index in [1.54, 1.807) is 7.11 Å². The lowest BCUT2D eigenvalue weighted by Gasteiger charge is -2.26. The van der Waals surface area contributed by atoms with E-state index in [9.17, 15) is 4.79 Å². The smallest absolute Gasteiger partial charge is 0.207 e. The molecule has 0 unspecified atom stereocenters. The highest BCUT2D eigenvalue weighted by Gasteiger charge is 2.15. The average Bonchev–Trinajstić information content (AvgIpc) is 2.77. The molecule has 1 aliphatic heterocycles. The summed E-state index contributed by atoms with van der Waals surface area (Å²) in [6, 6.07) is 8.26. The van der Waals surface area contributed by atoms with Crippen LogP contribution in [0.25, 0.3) is 0 Å². The molecule has 2 rings (SSSR count). The third-order valence-corrected chi connectivity index (χ3v) is 4.12. The number of benzene rings is 1. The van der Waals surface area contributed by atoms with Crippen molar-refractivity contribution < 1.29 is 9.53 Å². The van der Waals surface area contributed by atoms with Gasteiger partial charge in [-0.15, -0.1) is 0 Å². The van der Waals surface area contributed by atoms with E-state index in [-0.39, 0.29) is 6.04 Å². The number of hydrogen-bond acceptors (Lipinski definition) is 3. The minimum atomic E-state index is 0.175. The van der Waals surface area contributed by atoms with Gasteiger partial charge in [0.05, 0.1) is 7.11 Å². The first-order valence-corrected chi connectivity index (χ1v) is 7.87. The molecule has 1 saturated heterocycles. The lowest BCUT2D eigenvalue weighted by atomic mass is 10.1. The van der Waals surface area contributed by atoms with Gasteiger partial charge in [0.1, 0.15) is 5.75 Å². The van der Waals surface area contributed by atoms with Gasteiger partial charge in [0.25, 0.3) is 0 Å². The number of likely N-dealkylation sites (tertiary alicyclic amines) is 1. The predicted octanol–water partition coefficient (Wildman–Crippen LogP) is 2.23. The van der Waals surface area contributed by atoms with E-state index in [0.717, 1.165) is 38.2 Å². The van der Waals surface area contributed by atoms with Crippen LogP contribution in [0.4, 0.5) is 0 Å². The maximum atomic E-state index is 10.9. The second-order valence-corrected chi connectivity index (χ2v) is 5.75. The van der Waals surface area contributed by atoms with Gasteiger partial charge in [-0.05, 0) is 50.0 Å². The predicted molar refractivity (Wildman–Crippen MR) is 84.6 cm³/mol. The number of amides is 1. The van der Waals surface area contributed by atoms with Crippen LogP contribution in [0.3, 0.4) is 0 Å². The summed E-state index contributed by atoms with van der Waals surface area (Å²) in [5, 5.41) is 2.97. The van der Waals surface area contributed by atoms with E-state index >= 15 is 0 Å². The van der Waals surface area contributed by atoms with E-state index in [0.29, 0.717) is 0 Å². The van der Waals surface area contributed by atoms with Crippen LogP contribution in [0.2, 0.25) is 0 Å². The SMILES string of the molecule is COc1ccc(C[C@@H](CN2CCCCCC2)NC=O)cc1. The Morgan fingerprint density at radius 1 is 1.19 bits per heavy atom. The molecule has 1 atom stereocenters. The van der Waals surface area contributed by atoms with Crippen molar-refractivity contribution in [3.05, 3.63) is 29.8 Å². The number of rotatable bonds is 7. The highest BCUT2D eigenvalue weighted by atomic mass is 16.5. The minimum absolute atomic E-state index is 0.175. The molecule has 0 saturated carbocycles. The zero-order valence-electron chi connectivity index (χ0n) is 12.9. The van der Waals surface area contributed by atoms with Crippen LogP contribution < -0.4 is 10.1 Å². The summed E-state index contributed by atoms with van der Waals surface area (Å²) in [6.07, 6.45) is 6.90. The van der Waals surface area contributed by atoms with Gasteiger partial charge < -0.3 is 15.0 Å². The molecule has 116 valence electrons. The van der Waals surface area contributed by atoms with Crippen LogP contribution >= 0.6 is 0 Å². The molecule has 0 bridgehead atoms. The highest BCUT2D eigenvalue weighted by molar-refractivity contribution is 5.47. The Morgan fingerprint density at radius 2 is 1.86 bits per heavy atom. The fourth-order valence-corrected chi connectivity index (χ4v) is 2.95. The van der Waals surface area contributed by atoms with Crippen molar-refractivity contribution in [1.29, 1.82) is 0 Å². The van der Waals surface area contributed by atoms with Crippen LogP contribution in [0.15, 0.2) is 24.3 Å². The maximum absolute atomic E-state index is 10.9. The second kappa shape index (κ2) is 8.67. The van der Waals surface area contributed by atoms with Crippen molar-refractivity contribution in [2.45, 2.75) is 38.1 Å². The van der Waals surface area contributed by atoms with Gasteiger partial charge >= 0.3 is 0 Å². The van der Waals surface area contributed by atoms with Crippen LogP contribution in [-0.4, -0.2) is 44.1 Å². The molecule has 1 fully saturated rings. The molecule has 1 amide bonds. The fourth-order valence-electron chi connectivity index (χ4n) is 2.95. The number of ether oxygens (including phenoxy) is 1. The number of carbonyl (C=O) groups excluding carboxylic acids is 1. The van der Waals surface area contributed by atoms with Gasteiger partial charge in [0.2, 0.25) is 6.41 Å². The largest absolute Gasteiger partial charge is 0.497 e. The number of carbonyl (C=O) groups is 1. The molecule has 0 radical (unpaired) electrons. The van der Waals surface area contributed by atoms with Crippen molar-refractivity contribution in [2.24, 2.45) is 0 Å². The van der Waals surface area contributed by atoms with Crippen molar-refractivity contribution in [2.75, 3.05) is 26.7 Å². The zero-order chi connectivity index (χ0) is 14.9. The summed E-state index contributed by atoms with van der Waals surface area (Å²) in [5.41, 5.74) is 1.23. The Labute approximate surface area is 127 Å². The Bertz CT molecular complexity index is 411. The van der Waals surface area contributed by atoms with E-state index < -0.39 is 0 Å². The Morgan fingerprint density at radius 3 is 2.43 bits per heavy atom. The number of nitrogens with one attached hydrogen (secondary N) is 1. The fraction of sp³-hybridized carbons (Fsp3) is 0.588. The van der Waals surface area contributed by atoms with Gasteiger partial charge in [0.15, 0.2) is 0 Å². The molecule has 1 heterocycles. The molecular weight excluding hydrogens is 264 g/mol. The second-order valence-electron chi connectivity index (χ2n) is 5.75. The van der Waals surface area contributed by atoms with Crippen molar-refractivity contribution >= 4 is 6.41 Å². The highest BCUT2D eigenvalue weighted by Crippen LogP contribution is 2.14. The molecule has 1 aromatic rings. The van der Waals surface area contributed by atoms with E-state index in [1.165, 1.54) is 31.2 Å². The third-order valence-electron chi connectivity index (χ3n) is 4.12. The van der Waals surface area contributed by atoms with Crippen molar-refractivity contribution in [3.63, 3.8) is 0 Å². The summed E-state index contributed by atoms with van der Waals surface area (Å²) in [4.78, 5) is 13.3. The lowest BCUT2D eigenvalue weighted by Crippen LogP contribution is -2.42. The van der Waals surface area contributed by atoms with Crippen LogP contribution in [0.5, 0.6) is 5.75 Å². The minimum Gasteiger partial charge on any atom is -0.497 e. The Balaban J connectivity index is 1.91. The monoisotopic (exact) mass is 290 g/mol. The van der Waals surface area contributed by atoms with Crippen LogP contribution in [0, 0.1) is 0 Å². The number of methoxy groups -OCH3 is 1. The summed E-state index contributed by atoms with van der Waals surface area (Å²) >= 11 is 0. The van der Waals surface area contributed by atoms with Gasteiger partial charge in [-0.1, -0.05) is 25.0 Å². The summed E-state index contributed by atoms with van der Waals surface area (Å²) in [5.74, 6) is 0.867. The Hall–Kier alpha value is -1.55. The molecule has 1 aliphatic rings. The lowest BCUT2D eigenvalue weighted by molar-refractivity contribution is -0.110. The molecule has 4 heteroatoms. The van der Waals surface area contributed by atoms with E-state index in [4.69, 9.17) is 4.74 Å². The quantitative estimate of drug-likeness (QED) is 0.783. The first-order valence-electron chi connectivity index (χ1n) is 7.87. The standard InChI is InChI=1S/C17H26N2O2/c1-21-17-8-6-15(7-9-17)12-16(18-14-20)13-19-10-4-2-3-5-11-19/h6-9,14,16H,2-5,10-13H2,1H3,(H,18,20)/t16-/m0/s1. The van der Waals surface area contributed by atoms with Crippen molar-refractivity contribution in [1.82, 2.24) is 10.2 Å². The van der Waals surface area contributed by atoms with Crippen molar-refractivity contribution in [3.8, 4) is 5.75 Å². The summed E-state index contributed by atoms with van der Waals surface area (Å²) in [7, 11) is 1.67. The van der Waals surface area contributed by atoms with Gasteiger partial charge in [-0.3, -0.25) is 4.79 Å². The van der Waals surface area contributed by atoms with Gasteiger partial charge in [-0.2, -0.15) is 0 Å². The summed E-state index contributed by atoms with van der Waals surface area (Å²) < 4.78 is 5.18. The zero-order valence-corrected chi connectivity index (χ0v) is 12.9. The number of hydrogen-bond donors (Lipinski definition) is 1. The topological polar surface area (TPSA) is 41.6 Å².